The largest absolute Gasteiger partial charge is 0.479 e. The Bertz CT molecular complexity index is 631. The minimum Gasteiger partial charge on any atom is -0.479 e. The molecule has 144 valence electrons. The summed E-state index contributed by atoms with van der Waals surface area (Å²) < 4.78 is 6.60. The minimum absolute atomic E-state index is 0.000308. The van der Waals surface area contributed by atoms with E-state index in [2.05, 4.69) is 15.3 Å². The van der Waals surface area contributed by atoms with Gasteiger partial charge in [-0.15, -0.1) is 5.10 Å². The molecule has 1 aromatic rings. The number of hydrogen-bond donors (Lipinski definition) is 1. The molecular weight excluding hydrogens is 334 g/mol. The molecule has 8 heteroatoms. The van der Waals surface area contributed by atoms with Crippen LogP contribution in [0, 0.1) is 0 Å². The van der Waals surface area contributed by atoms with Gasteiger partial charge in [-0.05, 0) is 12.8 Å². The van der Waals surface area contributed by atoms with Crippen molar-refractivity contribution in [1.82, 2.24) is 24.9 Å². The van der Waals surface area contributed by atoms with Gasteiger partial charge in [0.1, 0.15) is 5.56 Å². The first kappa shape index (κ1) is 18.7. The van der Waals surface area contributed by atoms with Crippen LogP contribution >= 0.6 is 0 Å². The molecule has 1 aliphatic heterocycles. The number of hydrogen-bond acceptors (Lipinski definition) is 5. The van der Waals surface area contributed by atoms with Gasteiger partial charge in [0, 0.05) is 45.5 Å². The fraction of sp³-hybridized carbons (Fsp3) is 0.722. The van der Waals surface area contributed by atoms with E-state index < -0.39 is 0 Å². The Morgan fingerprint density at radius 2 is 1.88 bits per heavy atom. The molecule has 1 aromatic heterocycles. The Kier molecular flexibility index (Phi) is 6.13. The summed E-state index contributed by atoms with van der Waals surface area (Å²) in [6.45, 7) is 3.34. The number of aryl methyl sites for hydroxylation is 1. The van der Waals surface area contributed by atoms with Crippen molar-refractivity contribution in [1.29, 1.82) is 0 Å². The van der Waals surface area contributed by atoms with Crippen molar-refractivity contribution in [3.05, 3.63) is 11.8 Å². The highest BCUT2D eigenvalue weighted by Crippen LogP contribution is 2.23. The summed E-state index contributed by atoms with van der Waals surface area (Å²) in [5.41, 5.74) is 0.338. The van der Waals surface area contributed by atoms with E-state index in [4.69, 9.17) is 4.74 Å². The van der Waals surface area contributed by atoms with Crippen LogP contribution in [0.2, 0.25) is 0 Å². The third-order valence-corrected chi connectivity index (χ3v) is 5.39. The summed E-state index contributed by atoms with van der Waals surface area (Å²) >= 11 is 0. The molecule has 0 spiro atoms. The molecule has 1 saturated carbocycles. The zero-order valence-electron chi connectivity index (χ0n) is 15.7. The number of methoxy groups -OCH3 is 1. The van der Waals surface area contributed by atoms with Gasteiger partial charge in [-0.1, -0.05) is 19.3 Å². The summed E-state index contributed by atoms with van der Waals surface area (Å²) in [6, 6.07) is 0.693. The van der Waals surface area contributed by atoms with E-state index in [1.165, 1.54) is 43.9 Å². The van der Waals surface area contributed by atoms with Crippen molar-refractivity contribution in [3.8, 4) is 5.88 Å². The third-order valence-electron chi connectivity index (χ3n) is 5.39. The number of ether oxygens (including phenoxy) is 1. The molecule has 0 bridgehead atoms. The van der Waals surface area contributed by atoms with E-state index in [0.717, 1.165) is 26.2 Å². The summed E-state index contributed by atoms with van der Waals surface area (Å²) in [5.74, 6) is -0.118. The summed E-state index contributed by atoms with van der Waals surface area (Å²) in [7, 11) is 3.19. The fourth-order valence-corrected chi connectivity index (χ4v) is 3.92. The topological polar surface area (TPSA) is 79.7 Å². The molecule has 2 heterocycles. The number of aromatic nitrogens is 2. The Balaban J connectivity index is 1.44. The van der Waals surface area contributed by atoms with Crippen LogP contribution in [0.1, 0.15) is 42.5 Å². The lowest BCUT2D eigenvalue weighted by atomic mass is 9.94. The predicted molar refractivity (Wildman–Crippen MR) is 97.1 cm³/mol. The molecule has 0 atom stereocenters. The number of nitrogens with zero attached hydrogens (tertiary/aromatic N) is 4. The molecular formula is C18H29N5O3. The average Bonchev–Trinajstić information content (AvgIpc) is 3.07. The molecule has 1 N–H and O–H groups in total. The highest BCUT2D eigenvalue weighted by Gasteiger charge is 2.27. The van der Waals surface area contributed by atoms with Crippen LogP contribution < -0.4 is 10.1 Å². The van der Waals surface area contributed by atoms with Gasteiger partial charge >= 0.3 is 0 Å². The highest BCUT2D eigenvalue weighted by atomic mass is 16.5. The molecule has 0 aromatic carbocycles. The maximum absolute atomic E-state index is 12.4. The van der Waals surface area contributed by atoms with Crippen LogP contribution in [0.4, 0.5) is 0 Å². The van der Waals surface area contributed by atoms with Crippen LogP contribution in [0.3, 0.4) is 0 Å². The fourth-order valence-electron chi connectivity index (χ4n) is 3.92. The lowest BCUT2D eigenvalue weighted by Crippen LogP contribution is -2.54. The maximum atomic E-state index is 12.4. The monoisotopic (exact) mass is 363 g/mol. The summed E-state index contributed by atoms with van der Waals surface area (Å²) in [5, 5.41) is 6.73. The molecule has 0 radical (unpaired) electrons. The van der Waals surface area contributed by atoms with Crippen LogP contribution in [-0.2, 0) is 11.8 Å². The number of piperazine rings is 1. The van der Waals surface area contributed by atoms with Crippen molar-refractivity contribution >= 4 is 11.8 Å². The highest BCUT2D eigenvalue weighted by molar-refractivity contribution is 5.98. The molecule has 2 amide bonds. The van der Waals surface area contributed by atoms with E-state index in [1.54, 1.807) is 13.2 Å². The van der Waals surface area contributed by atoms with E-state index in [9.17, 15) is 9.59 Å². The predicted octanol–water partition coefficient (Wildman–Crippen LogP) is 0.635. The van der Waals surface area contributed by atoms with E-state index in [-0.39, 0.29) is 24.2 Å². The van der Waals surface area contributed by atoms with Crippen LogP contribution in [-0.4, -0.2) is 77.3 Å². The van der Waals surface area contributed by atoms with Crippen molar-refractivity contribution < 1.29 is 14.3 Å². The molecule has 3 rings (SSSR count). The Morgan fingerprint density at radius 1 is 1.19 bits per heavy atom. The second-order valence-electron chi connectivity index (χ2n) is 7.12. The minimum atomic E-state index is -0.343. The number of rotatable bonds is 5. The van der Waals surface area contributed by atoms with Gasteiger partial charge in [-0.25, -0.2) is 0 Å². The standard InChI is InChI=1S/C18H29N5O3/c1-21-13-15(18(20-21)26-2)17(25)19-12-16(24)23-10-8-22(9-11-23)14-6-4-3-5-7-14/h13-14H,3-12H2,1-2H3,(H,19,25). The second-order valence-corrected chi connectivity index (χ2v) is 7.12. The molecule has 0 unspecified atom stereocenters. The Morgan fingerprint density at radius 3 is 2.54 bits per heavy atom. The molecule has 2 fully saturated rings. The lowest BCUT2D eigenvalue weighted by Gasteiger charge is -2.40. The van der Waals surface area contributed by atoms with Crippen molar-refractivity contribution in [2.24, 2.45) is 7.05 Å². The zero-order valence-corrected chi connectivity index (χ0v) is 15.7. The molecule has 2 aliphatic rings. The van der Waals surface area contributed by atoms with Gasteiger partial charge in [-0.2, -0.15) is 0 Å². The lowest BCUT2D eigenvalue weighted by molar-refractivity contribution is -0.132. The Labute approximate surface area is 154 Å². The molecule has 1 aliphatic carbocycles. The second kappa shape index (κ2) is 8.53. The number of amides is 2. The van der Waals surface area contributed by atoms with E-state index in [0.29, 0.717) is 11.6 Å². The van der Waals surface area contributed by atoms with Gasteiger partial charge in [0.15, 0.2) is 0 Å². The van der Waals surface area contributed by atoms with Gasteiger partial charge in [0.2, 0.25) is 11.8 Å². The first-order chi connectivity index (χ1) is 12.6. The van der Waals surface area contributed by atoms with E-state index >= 15 is 0 Å². The molecule has 1 saturated heterocycles. The van der Waals surface area contributed by atoms with Gasteiger partial charge in [0.05, 0.1) is 13.7 Å². The van der Waals surface area contributed by atoms with Gasteiger partial charge in [-0.3, -0.25) is 19.2 Å². The van der Waals surface area contributed by atoms with Gasteiger partial charge in [0.25, 0.3) is 5.91 Å². The number of nitrogens with one attached hydrogen (secondary N) is 1. The average molecular weight is 363 g/mol. The Hall–Kier alpha value is -2.09. The zero-order chi connectivity index (χ0) is 18.5. The van der Waals surface area contributed by atoms with E-state index in [1.807, 2.05) is 4.90 Å². The quantitative estimate of drug-likeness (QED) is 0.830. The SMILES string of the molecule is COc1nn(C)cc1C(=O)NCC(=O)N1CCN(C2CCCCC2)CC1. The maximum Gasteiger partial charge on any atom is 0.258 e. The summed E-state index contributed by atoms with van der Waals surface area (Å²) in [6.07, 6.45) is 8.17. The van der Waals surface area contributed by atoms with Crippen LogP contribution in [0.5, 0.6) is 5.88 Å². The number of carbonyl (C=O) groups excluding carboxylic acids is 2. The number of carbonyl (C=O) groups is 2. The van der Waals surface area contributed by atoms with Crippen molar-refractivity contribution in [3.63, 3.8) is 0 Å². The van der Waals surface area contributed by atoms with Crippen molar-refractivity contribution in [2.45, 2.75) is 38.1 Å². The van der Waals surface area contributed by atoms with Crippen LogP contribution in [0.25, 0.3) is 0 Å². The van der Waals surface area contributed by atoms with Crippen LogP contribution in [0.15, 0.2) is 6.20 Å². The molecule has 26 heavy (non-hydrogen) atoms. The first-order valence-corrected chi connectivity index (χ1v) is 9.46. The molecule has 8 nitrogen and oxygen atoms in total. The third kappa shape index (κ3) is 4.35. The summed E-state index contributed by atoms with van der Waals surface area (Å²) in [4.78, 5) is 29.1. The normalized spacial score (nSPS) is 19.4. The van der Waals surface area contributed by atoms with Gasteiger partial charge < -0.3 is 15.0 Å². The first-order valence-electron chi connectivity index (χ1n) is 9.46. The van der Waals surface area contributed by atoms with Crippen molar-refractivity contribution in [2.75, 3.05) is 39.8 Å². The smallest absolute Gasteiger partial charge is 0.258 e.